The normalized spacial score (nSPS) is 25.3. The average molecular weight is 425 g/mol. The van der Waals surface area contributed by atoms with Crippen LogP contribution >= 0.6 is 0 Å². The lowest BCUT2D eigenvalue weighted by Gasteiger charge is -2.23. The van der Waals surface area contributed by atoms with Gasteiger partial charge in [0.2, 0.25) is 5.60 Å². The Morgan fingerprint density at radius 2 is 2.03 bits per heavy atom. The highest BCUT2D eigenvalue weighted by Crippen LogP contribution is 2.40. The fourth-order valence-electron chi connectivity index (χ4n) is 3.40. The number of aliphatic hydroxyl groups is 2. The van der Waals surface area contributed by atoms with E-state index in [1.54, 1.807) is 42.5 Å². The molecule has 31 heavy (non-hydrogen) atoms. The fourth-order valence-corrected chi connectivity index (χ4v) is 3.40. The van der Waals surface area contributed by atoms with Gasteiger partial charge in [-0.25, -0.2) is 14.3 Å². The minimum atomic E-state index is -2.00. The number of rotatable bonds is 5. The molecule has 1 aliphatic heterocycles. The van der Waals surface area contributed by atoms with E-state index >= 15 is 0 Å². The van der Waals surface area contributed by atoms with Gasteiger partial charge in [0.15, 0.2) is 5.82 Å². The summed E-state index contributed by atoms with van der Waals surface area (Å²) < 4.78 is 17.1. The molecule has 1 fully saturated rings. The molecule has 0 bridgehead atoms. The van der Waals surface area contributed by atoms with Gasteiger partial charge in [-0.1, -0.05) is 30.3 Å². The molecule has 0 saturated carbocycles. The van der Waals surface area contributed by atoms with Crippen LogP contribution in [-0.4, -0.2) is 55.4 Å². The van der Waals surface area contributed by atoms with Crippen LogP contribution in [0.25, 0.3) is 5.52 Å². The summed E-state index contributed by atoms with van der Waals surface area (Å²) in [6.07, 6.45) is -4.09. The zero-order valence-electron chi connectivity index (χ0n) is 16.2. The van der Waals surface area contributed by atoms with Crippen molar-refractivity contribution in [3.8, 4) is 6.07 Å². The number of hydrogen-bond donors (Lipinski definition) is 3. The van der Waals surface area contributed by atoms with E-state index in [0.29, 0.717) is 11.2 Å². The molecule has 4 atom stereocenters. The molecule has 0 spiro atoms. The second-order valence-electron chi connectivity index (χ2n) is 6.99. The lowest BCUT2D eigenvalue weighted by Crippen LogP contribution is -2.46. The third-order valence-corrected chi connectivity index (χ3v) is 5.04. The maximum atomic E-state index is 12.0. The van der Waals surface area contributed by atoms with Crippen LogP contribution in [0.1, 0.15) is 17.4 Å². The maximum absolute atomic E-state index is 12.0. The van der Waals surface area contributed by atoms with Gasteiger partial charge in [0.25, 0.3) is 0 Å². The third-order valence-electron chi connectivity index (χ3n) is 5.04. The number of anilines is 1. The van der Waals surface area contributed by atoms with E-state index in [0.717, 1.165) is 5.56 Å². The highest BCUT2D eigenvalue weighted by atomic mass is 16.7. The van der Waals surface area contributed by atoms with E-state index in [-0.39, 0.29) is 12.4 Å². The second kappa shape index (κ2) is 8.19. The maximum Gasteiger partial charge on any atom is 0.508 e. The first-order chi connectivity index (χ1) is 14.9. The molecule has 1 aromatic carbocycles. The molecular formula is C20H19N5O6. The summed E-state index contributed by atoms with van der Waals surface area (Å²) in [6, 6.07) is 14.0. The minimum Gasteiger partial charge on any atom is -0.430 e. The van der Waals surface area contributed by atoms with Gasteiger partial charge in [0.05, 0.1) is 5.69 Å². The number of aromatic nitrogens is 3. The predicted octanol–water partition coefficient (Wildman–Crippen LogP) is 0.720. The van der Waals surface area contributed by atoms with E-state index in [1.807, 2.05) is 6.07 Å². The minimum absolute atomic E-state index is 0.0227. The Morgan fingerprint density at radius 3 is 2.77 bits per heavy atom. The number of nitrogens with zero attached hydrogens (tertiary/aromatic N) is 4. The number of nitriles is 1. The number of carbonyl (C=O) groups excluding carboxylic acids is 1. The molecule has 0 amide bonds. The van der Waals surface area contributed by atoms with Gasteiger partial charge in [-0.15, -0.1) is 0 Å². The Morgan fingerprint density at radius 1 is 1.26 bits per heavy atom. The van der Waals surface area contributed by atoms with Crippen LogP contribution in [0.2, 0.25) is 0 Å². The first kappa shape index (κ1) is 20.5. The highest BCUT2D eigenvalue weighted by Gasteiger charge is 2.57. The van der Waals surface area contributed by atoms with Crippen LogP contribution in [0.5, 0.6) is 0 Å². The molecule has 3 aromatic rings. The molecule has 4 rings (SSSR count). The molecule has 3 heterocycles. The van der Waals surface area contributed by atoms with Crippen LogP contribution in [0, 0.1) is 11.3 Å². The Labute approximate surface area is 176 Å². The number of benzene rings is 1. The SMILES string of the molecule is N#C[C@]1(COC(=O)OCc2ccccc2)O[C@@H](c2ccc3c(N)ncnn23)[C@H](O)[C@@H]1O. The zero-order valence-corrected chi connectivity index (χ0v) is 16.2. The van der Waals surface area contributed by atoms with E-state index < -0.39 is 36.7 Å². The van der Waals surface area contributed by atoms with Crippen molar-refractivity contribution >= 4 is 17.5 Å². The van der Waals surface area contributed by atoms with Crippen molar-refractivity contribution in [3.63, 3.8) is 0 Å². The molecule has 4 N–H and O–H groups in total. The molecule has 0 radical (unpaired) electrons. The summed E-state index contributed by atoms with van der Waals surface area (Å²) in [5.41, 5.74) is 5.38. The predicted molar refractivity (Wildman–Crippen MR) is 104 cm³/mol. The molecule has 160 valence electrons. The van der Waals surface area contributed by atoms with Crippen LogP contribution in [0.15, 0.2) is 48.8 Å². The summed E-state index contributed by atoms with van der Waals surface area (Å²) in [6.45, 7) is -0.669. The number of aliphatic hydroxyl groups excluding tert-OH is 2. The third kappa shape index (κ3) is 3.75. The number of ether oxygens (including phenoxy) is 3. The first-order valence-corrected chi connectivity index (χ1v) is 9.32. The summed E-state index contributed by atoms with van der Waals surface area (Å²) in [5.74, 6) is 0.213. The van der Waals surface area contributed by atoms with Gasteiger partial charge in [0, 0.05) is 0 Å². The van der Waals surface area contributed by atoms with Crippen molar-refractivity contribution in [3.05, 3.63) is 60.0 Å². The summed E-state index contributed by atoms with van der Waals surface area (Å²) in [4.78, 5) is 15.8. The highest BCUT2D eigenvalue weighted by molar-refractivity contribution is 5.65. The number of carbonyl (C=O) groups is 1. The Kier molecular flexibility index (Phi) is 5.43. The lowest BCUT2D eigenvalue weighted by molar-refractivity contribution is -0.0862. The van der Waals surface area contributed by atoms with Crippen LogP contribution in [0.4, 0.5) is 10.6 Å². The fraction of sp³-hybridized carbons (Fsp3) is 0.300. The second-order valence-corrected chi connectivity index (χ2v) is 6.99. The molecule has 1 saturated heterocycles. The van der Waals surface area contributed by atoms with E-state index in [9.17, 15) is 20.3 Å². The Hall–Kier alpha value is -3.72. The average Bonchev–Trinajstić information content (AvgIpc) is 3.33. The van der Waals surface area contributed by atoms with Crippen LogP contribution in [0.3, 0.4) is 0 Å². The van der Waals surface area contributed by atoms with Crippen molar-refractivity contribution in [2.24, 2.45) is 0 Å². The largest absolute Gasteiger partial charge is 0.508 e. The summed E-state index contributed by atoms with van der Waals surface area (Å²) >= 11 is 0. The molecule has 11 heteroatoms. The standard InChI is InChI=1S/C20H19N5O6/c21-9-20(10-30-19(28)29-8-12-4-2-1-3-5-12)17(27)15(26)16(31-20)13-6-7-14-18(22)23-11-24-25(13)14/h1-7,11,15-17,26-27H,8,10H2,(H2,22,23,24)/t15-,16-,17-,20+/m0/s1. The molecule has 0 aliphatic carbocycles. The molecule has 1 aliphatic rings. The Bertz CT molecular complexity index is 1130. The number of nitrogen functional groups attached to an aromatic ring is 1. The van der Waals surface area contributed by atoms with Crippen LogP contribution < -0.4 is 5.73 Å². The van der Waals surface area contributed by atoms with Crippen molar-refractivity contribution in [2.75, 3.05) is 12.3 Å². The van der Waals surface area contributed by atoms with Gasteiger partial charge < -0.3 is 30.2 Å². The van der Waals surface area contributed by atoms with Crippen LogP contribution in [-0.2, 0) is 20.8 Å². The van der Waals surface area contributed by atoms with Crippen molar-refractivity contribution in [1.82, 2.24) is 14.6 Å². The van der Waals surface area contributed by atoms with Gasteiger partial charge in [-0.3, -0.25) is 0 Å². The summed E-state index contributed by atoms with van der Waals surface area (Å²) in [5, 5.41) is 34.8. The molecule has 11 nitrogen and oxygen atoms in total. The first-order valence-electron chi connectivity index (χ1n) is 9.32. The van der Waals surface area contributed by atoms with Gasteiger partial charge in [0.1, 0.15) is 49.4 Å². The quantitative estimate of drug-likeness (QED) is 0.496. The van der Waals surface area contributed by atoms with E-state index in [4.69, 9.17) is 19.9 Å². The monoisotopic (exact) mass is 425 g/mol. The number of hydrogen-bond acceptors (Lipinski definition) is 10. The van der Waals surface area contributed by atoms with Crippen molar-refractivity contribution < 1.29 is 29.2 Å². The topological polar surface area (TPSA) is 165 Å². The van der Waals surface area contributed by atoms with Gasteiger partial charge >= 0.3 is 6.16 Å². The van der Waals surface area contributed by atoms with Crippen molar-refractivity contribution in [2.45, 2.75) is 30.5 Å². The molecule has 2 aromatic heterocycles. The smallest absolute Gasteiger partial charge is 0.430 e. The lowest BCUT2D eigenvalue weighted by atomic mass is 9.96. The van der Waals surface area contributed by atoms with E-state index in [1.165, 1.54) is 10.8 Å². The van der Waals surface area contributed by atoms with Gasteiger partial charge in [-0.2, -0.15) is 10.4 Å². The van der Waals surface area contributed by atoms with Gasteiger partial charge in [-0.05, 0) is 17.7 Å². The molecular weight excluding hydrogens is 406 g/mol. The van der Waals surface area contributed by atoms with E-state index in [2.05, 4.69) is 10.1 Å². The molecule has 0 unspecified atom stereocenters. The number of nitrogens with two attached hydrogens (primary N) is 1. The summed E-state index contributed by atoms with van der Waals surface area (Å²) in [7, 11) is 0. The number of fused-ring (bicyclic) bond motifs is 1. The zero-order chi connectivity index (χ0) is 22.0. The van der Waals surface area contributed by atoms with Crippen molar-refractivity contribution in [1.29, 1.82) is 5.26 Å². The Balaban J connectivity index is 1.47.